The van der Waals surface area contributed by atoms with Gasteiger partial charge in [0, 0.05) is 7.11 Å². The molecular weight excluding hydrogens is 351 g/mol. The Morgan fingerprint density at radius 1 is 1.86 bits per heavy atom. The Kier molecular flexibility index (Phi) is 5.73. The summed E-state index contributed by atoms with van der Waals surface area (Å²) in [6, 6.07) is 0. The number of hydrogen-bond acceptors (Lipinski definition) is 2. The number of carbonyl (C=O) groups is 1. The minimum atomic E-state index is -0.933. The van der Waals surface area contributed by atoms with Crippen molar-refractivity contribution in [2.24, 2.45) is 0 Å². The molecule has 0 aliphatic carbocycles. The largest absolute Gasteiger partial charge is 0.480 e. The number of methoxy groups -OCH3 is 1. The number of carboxylic acid groups (broad SMARTS) is 1. The molecule has 1 N–H and O–H groups in total. The van der Waals surface area contributed by atoms with E-state index < -0.39 is 5.97 Å². The molecule has 7 heavy (non-hydrogen) atoms. The van der Waals surface area contributed by atoms with E-state index in [-0.39, 0.29) is 6.61 Å². The van der Waals surface area contributed by atoms with Crippen LogP contribution in [-0.2, 0) is 9.53 Å². The van der Waals surface area contributed by atoms with Gasteiger partial charge >= 0.3 is 5.97 Å². The monoisotopic (exact) mass is 357 g/mol. The average molecular weight is 357 g/mol. The molecule has 0 aliphatic heterocycles. The topological polar surface area (TPSA) is 46.5 Å². The fraction of sp³-hybridized carbons (Fsp3) is 0.667. The van der Waals surface area contributed by atoms with Crippen molar-refractivity contribution in [2.45, 2.75) is 0 Å². The van der Waals surface area contributed by atoms with Crippen LogP contribution in [-0.4, -0.2) is 24.8 Å². The van der Waals surface area contributed by atoms with Gasteiger partial charge in [-0.3, -0.25) is 0 Å². The van der Waals surface area contributed by atoms with E-state index in [0.29, 0.717) is 0 Å². The summed E-state index contributed by atoms with van der Waals surface area (Å²) in [4.78, 5) is 9.47. The average Bonchev–Trinajstić information content (AvgIpc) is 1.35. The first-order chi connectivity index (χ1) is 2.77. The van der Waals surface area contributed by atoms with Crippen LogP contribution in [0.25, 0.3) is 0 Å². The van der Waals surface area contributed by atoms with Crippen LogP contribution < -0.4 is 0 Å². The molecule has 0 fully saturated rings. The summed E-state index contributed by atoms with van der Waals surface area (Å²) in [7, 11) is 1.34. The molecule has 0 rings (SSSR count). The van der Waals surface area contributed by atoms with Crippen LogP contribution in [0.3, 0.4) is 0 Å². The van der Waals surface area contributed by atoms with Crippen LogP contribution in [0, 0.1) is 0 Å². The minimum Gasteiger partial charge on any atom is -0.480 e. The van der Waals surface area contributed by atoms with Gasteiger partial charge in [0.2, 0.25) is 0 Å². The summed E-state index contributed by atoms with van der Waals surface area (Å²) < 4.78 is 4.20. The van der Waals surface area contributed by atoms with E-state index in [1.165, 1.54) is 7.11 Å². The van der Waals surface area contributed by atoms with Gasteiger partial charge in [-0.1, -0.05) is 0 Å². The molecule has 0 spiro atoms. The Bertz CT molecular complexity index is 54.1. The van der Waals surface area contributed by atoms with Crippen LogP contribution in [0.15, 0.2) is 0 Å². The molecule has 4 heteroatoms. The van der Waals surface area contributed by atoms with Gasteiger partial charge in [-0.2, -0.15) is 0 Å². The first-order valence-corrected chi connectivity index (χ1v) is 1.48. The van der Waals surface area contributed by atoms with Crippen LogP contribution >= 0.6 is 0 Å². The zero-order chi connectivity index (χ0) is 4.99. The summed E-state index contributed by atoms with van der Waals surface area (Å²) in [5.41, 5.74) is 0. The number of rotatable bonds is 2. The molecule has 0 aliphatic rings. The standard InChI is InChI=1S/C3H6O3.Rf/c1-6-2-3(4)5;/h2H2,1H3,(H,4,5);. The zero-order valence-electron chi connectivity index (χ0n) is 4.18. The van der Waals surface area contributed by atoms with Crippen LogP contribution in [0.2, 0.25) is 0 Å². The molecule has 0 aromatic carbocycles. The number of ether oxygens (including phenoxy) is 1. The summed E-state index contributed by atoms with van der Waals surface area (Å²) in [5.74, 6) is -0.933. The summed E-state index contributed by atoms with van der Waals surface area (Å²) >= 11 is 0. The van der Waals surface area contributed by atoms with Crippen molar-refractivity contribution in [1.82, 2.24) is 0 Å². The third-order valence-corrected chi connectivity index (χ3v) is 0.268. The second kappa shape index (κ2) is 4.43. The van der Waals surface area contributed by atoms with E-state index in [4.69, 9.17) is 5.11 Å². The molecule has 0 bridgehead atoms. The van der Waals surface area contributed by atoms with Gasteiger partial charge in [-0.15, -0.1) is 0 Å². The van der Waals surface area contributed by atoms with Crippen molar-refractivity contribution in [2.75, 3.05) is 13.7 Å². The van der Waals surface area contributed by atoms with Gasteiger partial charge in [0.1, 0.15) is 6.61 Å². The molecule has 0 amide bonds. The van der Waals surface area contributed by atoms with Crippen molar-refractivity contribution in [3.8, 4) is 0 Å². The molecule has 0 radical (unpaired) electrons. The predicted octanol–water partition coefficient (Wildman–Crippen LogP) is -0.283. The Morgan fingerprint density at radius 3 is 2.29 bits per heavy atom. The molecular formula is C3H6O3Rf. The molecule has 0 saturated heterocycles. The van der Waals surface area contributed by atoms with Crippen molar-refractivity contribution in [3.05, 3.63) is 0 Å². The molecule has 0 unspecified atom stereocenters. The van der Waals surface area contributed by atoms with E-state index >= 15 is 0 Å². The van der Waals surface area contributed by atoms with Crippen LogP contribution in [0.1, 0.15) is 0 Å². The van der Waals surface area contributed by atoms with Gasteiger partial charge < -0.3 is 9.84 Å². The van der Waals surface area contributed by atoms with Crippen molar-refractivity contribution in [3.63, 3.8) is 0 Å². The number of hydrogen-bond donors (Lipinski definition) is 1. The first-order valence-electron chi connectivity index (χ1n) is 1.48. The van der Waals surface area contributed by atoms with Gasteiger partial charge in [-0.25, -0.2) is 4.79 Å². The SMILES string of the molecule is COCC(=O)O.[Rf]. The van der Waals surface area contributed by atoms with Crippen molar-refractivity contribution >= 4 is 5.97 Å². The van der Waals surface area contributed by atoms with Crippen molar-refractivity contribution in [1.29, 1.82) is 0 Å². The normalized spacial score (nSPS) is 7.00. The van der Waals surface area contributed by atoms with Crippen LogP contribution in [0.5, 0.6) is 0 Å². The summed E-state index contributed by atoms with van der Waals surface area (Å²) in [6.45, 7) is -0.208. The predicted molar refractivity (Wildman–Crippen MR) is 19.5 cm³/mol. The Morgan fingerprint density at radius 2 is 2.29 bits per heavy atom. The third kappa shape index (κ3) is 12.8. The second-order valence-electron chi connectivity index (χ2n) is 0.827. The van der Waals surface area contributed by atoms with E-state index in [1.54, 1.807) is 0 Å². The maximum atomic E-state index is 9.47. The van der Waals surface area contributed by atoms with E-state index in [0.717, 1.165) is 0 Å². The fourth-order valence-electron chi connectivity index (χ4n) is 0.123. The maximum Gasteiger partial charge on any atom is 0.329 e. The smallest absolute Gasteiger partial charge is 0.329 e. The van der Waals surface area contributed by atoms with E-state index in [2.05, 4.69) is 4.74 Å². The second-order valence-corrected chi connectivity index (χ2v) is 0.827. The first kappa shape index (κ1) is 9.06. The minimum absolute atomic E-state index is 0. The van der Waals surface area contributed by atoms with Crippen LogP contribution in [0.4, 0.5) is 0 Å². The Balaban J connectivity index is 0. The van der Waals surface area contributed by atoms with Gasteiger partial charge in [0.15, 0.2) is 0 Å². The Labute approximate surface area is 35.5 Å². The molecule has 0 saturated carbocycles. The quantitative estimate of drug-likeness (QED) is 0.740. The van der Waals surface area contributed by atoms with Gasteiger partial charge in [0.05, 0.1) is 0 Å². The van der Waals surface area contributed by atoms with Gasteiger partial charge in [0.25, 0.3) is 0 Å². The fourth-order valence-corrected chi connectivity index (χ4v) is 0.123. The van der Waals surface area contributed by atoms with E-state index in [1.807, 2.05) is 0 Å². The zero-order valence-corrected chi connectivity index (χ0v) is 10.6. The Hall–Kier alpha value is -1.57. The molecule has 0 atom stereocenters. The molecule has 0 heterocycles. The number of carboxylic acids is 1. The molecule has 38 valence electrons. The molecule has 0 aromatic heterocycles. The summed E-state index contributed by atoms with van der Waals surface area (Å²) in [6.07, 6.45) is 0. The third-order valence-electron chi connectivity index (χ3n) is 0.268. The van der Waals surface area contributed by atoms with Gasteiger partial charge in [-0.05, 0) is 0 Å². The van der Waals surface area contributed by atoms with E-state index in [9.17, 15) is 4.79 Å². The van der Waals surface area contributed by atoms with Crippen molar-refractivity contribution < 1.29 is 14.6 Å². The number of aliphatic carboxylic acids is 1. The molecule has 3 nitrogen and oxygen atoms in total. The maximum absolute atomic E-state index is 9.47. The molecule has 0 aromatic rings. The summed E-state index contributed by atoms with van der Waals surface area (Å²) in [5, 5.41) is 7.79.